The van der Waals surface area contributed by atoms with E-state index in [0.29, 0.717) is 6.54 Å². The number of piperazine rings is 1. The van der Waals surface area contributed by atoms with Gasteiger partial charge in [0.05, 0.1) is 6.54 Å². The Hall–Kier alpha value is -0.610. The molecule has 0 aromatic heterocycles. The van der Waals surface area contributed by atoms with E-state index in [4.69, 9.17) is 4.74 Å². The lowest BCUT2D eigenvalue weighted by Crippen LogP contribution is -2.46. The zero-order chi connectivity index (χ0) is 12.0. The molecule has 94 valence electrons. The van der Waals surface area contributed by atoms with E-state index in [0.717, 1.165) is 39.0 Å². The second-order valence-corrected chi connectivity index (χ2v) is 4.66. The fourth-order valence-electron chi connectivity index (χ4n) is 1.75. The Bertz CT molecular complexity index is 221. The van der Waals surface area contributed by atoms with E-state index in [-0.39, 0.29) is 11.6 Å². The molecule has 1 aliphatic rings. The van der Waals surface area contributed by atoms with Crippen molar-refractivity contribution in [3.8, 4) is 0 Å². The molecule has 1 saturated heterocycles. The molecule has 1 heterocycles. The molecular formula is C12H24N2O2. The van der Waals surface area contributed by atoms with E-state index in [2.05, 4.69) is 24.1 Å². The Morgan fingerprint density at radius 2 is 1.88 bits per heavy atom. The third-order valence-corrected chi connectivity index (χ3v) is 3.42. The van der Waals surface area contributed by atoms with Gasteiger partial charge in [0.15, 0.2) is 0 Å². The van der Waals surface area contributed by atoms with Gasteiger partial charge in [-0.2, -0.15) is 0 Å². The molecule has 1 aliphatic heterocycles. The summed E-state index contributed by atoms with van der Waals surface area (Å²) >= 11 is 0. The van der Waals surface area contributed by atoms with Crippen LogP contribution in [-0.2, 0) is 9.53 Å². The van der Waals surface area contributed by atoms with Crippen LogP contribution in [0.5, 0.6) is 0 Å². The molecule has 0 aromatic rings. The number of carbonyl (C=O) groups is 1. The normalized spacial score (nSPS) is 18.4. The first-order valence-electron chi connectivity index (χ1n) is 6.24. The highest BCUT2D eigenvalue weighted by atomic mass is 16.6. The summed E-state index contributed by atoms with van der Waals surface area (Å²) in [5, 5.41) is 3.26. The van der Waals surface area contributed by atoms with Gasteiger partial charge in [-0.15, -0.1) is 0 Å². The van der Waals surface area contributed by atoms with Crippen molar-refractivity contribution in [3.05, 3.63) is 0 Å². The van der Waals surface area contributed by atoms with Crippen LogP contribution in [0.25, 0.3) is 0 Å². The lowest BCUT2D eigenvalue weighted by Gasteiger charge is -2.30. The Morgan fingerprint density at radius 1 is 1.31 bits per heavy atom. The first kappa shape index (κ1) is 13.5. The minimum Gasteiger partial charge on any atom is -0.458 e. The van der Waals surface area contributed by atoms with Crippen LogP contribution in [0.4, 0.5) is 0 Å². The van der Waals surface area contributed by atoms with E-state index >= 15 is 0 Å². The number of hydrogen-bond donors (Lipinski definition) is 1. The van der Waals surface area contributed by atoms with Gasteiger partial charge in [-0.25, -0.2) is 0 Å². The maximum absolute atomic E-state index is 11.8. The fraction of sp³-hybridized carbons (Fsp3) is 0.917. The summed E-state index contributed by atoms with van der Waals surface area (Å²) in [5.74, 6) is -0.0897. The van der Waals surface area contributed by atoms with Gasteiger partial charge in [0.1, 0.15) is 5.60 Å². The Balaban J connectivity index is 2.34. The average molecular weight is 228 g/mol. The number of carbonyl (C=O) groups excluding carboxylic acids is 1. The molecule has 0 aliphatic carbocycles. The lowest BCUT2D eigenvalue weighted by atomic mass is 10.0. The maximum Gasteiger partial charge on any atom is 0.320 e. The molecule has 0 bridgehead atoms. The number of nitrogens with one attached hydrogen (secondary N) is 1. The maximum atomic E-state index is 11.8. The van der Waals surface area contributed by atoms with Crippen LogP contribution in [0.15, 0.2) is 0 Å². The minimum atomic E-state index is -0.287. The molecule has 0 aromatic carbocycles. The Kier molecular flexibility index (Phi) is 5.22. The quantitative estimate of drug-likeness (QED) is 0.713. The van der Waals surface area contributed by atoms with Crippen LogP contribution in [0.2, 0.25) is 0 Å². The van der Waals surface area contributed by atoms with Crippen LogP contribution in [0.3, 0.4) is 0 Å². The van der Waals surface area contributed by atoms with Crippen molar-refractivity contribution in [2.24, 2.45) is 0 Å². The molecule has 4 nitrogen and oxygen atoms in total. The molecule has 0 radical (unpaired) electrons. The highest BCUT2D eigenvalue weighted by Crippen LogP contribution is 2.19. The molecule has 16 heavy (non-hydrogen) atoms. The fourth-order valence-corrected chi connectivity index (χ4v) is 1.75. The molecule has 0 spiro atoms. The highest BCUT2D eigenvalue weighted by molar-refractivity contribution is 5.72. The van der Waals surface area contributed by atoms with E-state index < -0.39 is 0 Å². The van der Waals surface area contributed by atoms with E-state index in [1.807, 2.05) is 6.92 Å². The van der Waals surface area contributed by atoms with Crippen molar-refractivity contribution < 1.29 is 9.53 Å². The predicted octanol–water partition coefficient (Wildman–Crippen LogP) is 1.01. The summed E-state index contributed by atoms with van der Waals surface area (Å²) in [6.07, 6.45) is 1.74. The van der Waals surface area contributed by atoms with Crippen LogP contribution in [-0.4, -0.2) is 49.2 Å². The van der Waals surface area contributed by atoms with Gasteiger partial charge in [0.25, 0.3) is 0 Å². The lowest BCUT2D eigenvalue weighted by molar-refractivity contribution is -0.160. The van der Waals surface area contributed by atoms with Crippen LogP contribution in [0, 0.1) is 0 Å². The first-order chi connectivity index (χ1) is 7.59. The second kappa shape index (κ2) is 6.21. The number of esters is 1. The SMILES string of the molecule is CCC(C)(CC)OC(=O)CN1CCNCC1. The Labute approximate surface area is 98.3 Å². The molecule has 0 saturated carbocycles. The van der Waals surface area contributed by atoms with Crippen molar-refractivity contribution >= 4 is 5.97 Å². The van der Waals surface area contributed by atoms with Gasteiger partial charge in [-0.3, -0.25) is 9.69 Å². The van der Waals surface area contributed by atoms with Gasteiger partial charge >= 0.3 is 5.97 Å². The van der Waals surface area contributed by atoms with E-state index in [1.54, 1.807) is 0 Å². The summed E-state index contributed by atoms with van der Waals surface area (Å²) in [6, 6.07) is 0. The van der Waals surface area contributed by atoms with Crippen molar-refractivity contribution in [1.82, 2.24) is 10.2 Å². The molecule has 1 N–H and O–H groups in total. The predicted molar refractivity (Wildman–Crippen MR) is 64.4 cm³/mol. The average Bonchev–Trinajstić information content (AvgIpc) is 2.30. The van der Waals surface area contributed by atoms with Gasteiger partial charge in [0.2, 0.25) is 0 Å². The zero-order valence-electron chi connectivity index (χ0n) is 10.7. The molecule has 0 unspecified atom stereocenters. The van der Waals surface area contributed by atoms with Gasteiger partial charge < -0.3 is 10.1 Å². The molecule has 0 atom stereocenters. The topological polar surface area (TPSA) is 41.6 Å². The largest absolute Gasteiger partial charge is 0.458 e. The molecule has 0 amide bonds. The monoisotopic (exact) mass is 228 g/mol. The van der Waals surface area contributed by atoms with Crippen LogP contribution >= 0.6 is 0 Å². The zero-order valence-corrected chi connectivity index (χ0v) is 10.7. The van der Waals surface area contributed by atoms with Crippen LogP contribution in [0.1, 0.15) is 33.6 Å². The number of hydrogen-bond acceptors (Lipinski definition) is 4. The smallest absolute Gasteiger partial charge is 0.320 e. The molecule has 1 rings (SSSR count). The van der Waals surface area contributed by atoms with Gasteiger partial charge in [-0.05, 0) is 19.8 Å². The molecular weight excluding hydrogens is 204 g/mol. The standard InChI is InChI=1S/C12H24N2O2/c1-4-12(3,5-2)16-11(15)10-14-8-6-13-7-9-14/h13H,4-10H2,1-3H3. The van der Waals surface area contributed by atoms with Crippen molar-refractivity contribution in [1.29, 1.82) is 0 Å². The second-order valence-electron chi connectivity index (χ2n) is 4.66. The van der Waals surface area contributed by atoms with Crippen molar-refractivity contribution in [2.45, 2.75) is 39.2 Å². The highest BCUT2D eigenvalue weighted by Gasteiger charge is 2.25. The molecule has 1 fully saturated rings. The van der Waals surface area contributed by atoms with Gasteiger partial charge in [-0.1, -0.05) is 13.8 Å². The molecule has 4 heteroatoms. The number of rotatable bonds is 5. The van der Waals surface area contributed by atoms with E-state index in [9.17, 15) is 4.79 Å². The third kappa shape index (κ3) is 4.10. The third-order valence-electron chi connectivity index (χ3n) is 3.42. The van der Waals surface area contributed by atoms with Gasteiger partial charge in [0, 0.05) is 26.2 Å². The summed E-state index contributed by atoms with van der Waals surface area (Å²) in [4.78, 5) is 13.9. The Morgan fingerprint density at radius 3 is 2.38 bits per heavy atom. The van der Waals surface area contributed by atoms with Crippen molar-refractivity contribution in [3.63, 3.8) is 0 Å². The summed E-state index contributed by atoms with van der Waals surface area (Å²) in [5.41, 5.74) is -0.287. The first-order valence-corrected chi connectivity index (χ1v) is 6.24. The summed E-state index contributed by atoms with van der Waals surface area (Å²) in [7, 11) is 0. The minimum absolute atomic E-state index is 0.0897. The summed E-state index contributed by atoms with van der Waals surface area (Å²) in [6.45, 7) is 10.3. The van der Waals surface area contributed by atoms with Crippen LogP contribution < -0.4 is 5.32 Å². The summed E-state index contributed by atoms with van der Waals surface area (Å²) < 4.78 is 5.54. The van der Waals surface area contributed by atoms with Crippen molar-refractivity contribution in [2.75, 3.05) is 32.7 Å². The number of nitrogens with zero attached hydrogens (tertiary/aromatic N) is 1. The van der Waals surface area contributed by atoms with E-state index in [1.165, 1.54) is 0 Å². The number of ether oxygens (including phenoxy) is 1.